The second-order valence-corrected chi connectivity index (χ2v) is 2.38. The standard InChI is InChI=1S/C9H9N2O2/c1-10-9(13)11-8-4-2-7(6-12)3-5-8/h2-5H,1H3,(H2,10,11,13). The molecule has 0 aliphatic carbocycles. The first-order chi connectivity index (χ1) is 6.26. The molecule has 13 heavy (non-hydrogen) atoms. The maximum Gasteiger partial charge on any atom is 0.318 e. The van der Waals surface area contributed by atoms with Crippen molar-refractivity contribution in [1.82, 2.24) is 5.32 Å². The summed E-state index contributed by atoms with van der Waals surface area (Å²) in [6.45, 7) is 0. The summed E-state index contributed by atoms with van der Waals surface area (Å²) in [5, 5.41) is 4.98. The van der Waals surface area contributed by atoms with Gasteiger partial charge in [0.1, 0.15) is 0 Å². The molecular formula is C9H9N2O2. The van der Waals surface area contributed by atoms with Crippen LogP contribution in [-0.2, 0) is 4.79 Å². The number of anilines is 1. The van der Waals surface area contributed by atoms with Gasteiger partial charge in [-0.05, 0) is 24.3 Å². The molecule has 1 aromatic rings. The fraction of sp³-hybridized carbons (Fsp3) is 0.111. The predicted molar refractivity (Wildman–Crippen MR) is 49.3 cm³/mol. The Morgan fingerprint density at radius 1 is 1.31 bits per heavy atom. The third-order valence-corrected chi connectivity index (χ3v) is 1.49. The Bertz CT molecular complexity index is 306. The number of carbonyl (C=O) groups excluding carboxylic acids is 2. The molecule has 0 saturated carbocycles. The van der Waals surface area contributed by atoms with Gasteiger partial charge in [0.05, 0.1) is 0 Å². The van der Waals surface area contributed by atoms with Gasteiger partial charge >= 0.3 is 6.03 Å². The zero-order valence-electron chi connectivity index (χ0n) is 7.13. The van der Waals surface area contributed by atoms with E-state index in [0.29, 0.717) is 11.3 Å². The van der Waals surface area contributed by atoms with E-state index in [9.17, 15) is 9.59 Å². The van der Waals surface area contributed by atoms with Crippen molar-refractivity contribution in [3.05, 3.63) is 29.8 Å². The zero-order valence-corrected chi connectivity index (χ0v) is 7.13. The van der Waals surface area contributed by atoms with Crippen molar-refractivity contribution >= 4 is 18.0 Å². The summed E-state index contributed by atoms with van der Waals surface area (Å²) in [5.41, 5.74) is 1.10. The molecule has 1 radical (unpaired) electrons. The fourth-order valence-electron chi connectivity index (χ4n) is 0.815. The summed E-state index contributed by atoms with van der Waals surface area (Å²) in [7, 11) is 1.53. The van der Waals surface area contributed by atoms with Gasteiger partial charge in [0.15, 0.2) is 0 Å². The van der Waals surface area contributed by atoms with Gasteiger partial charge in [-0.2, -0.15) is 0 Å². The Hall–Kier alpha value is -1.84. The van der Waals surface area contributed by atoms with Crippen molar-refractivity contribution < 1.29 is 9.59 Å². The van der Waals surface area contributed by atoms with E-state index >= 15 is 0 Å². The van der Waals surface area contributed by atoms with Crippen LogP contribution in [0.2, 0.25) is 0 Å². The molecule has 0 aliphatic heterocycles. The second kappa shape index (κ2) is 4.25. The van der Waals surface area contributed by atoms with Gasteiger partial charge in [-0.25, -0.2) is 4.79 Å². The Labute approximate surface area is 75.9 Å². The third-order valence-electron chi connectivity index (χ3n) is 1.49. The van der Waals surface area contributed by atoms with Gasteiger partial charge in [0.25, 0.3) is 0 Å². The van der Waals surface area contributed by atoms with Crippen LogP contribution in [0.4, 0.5) is 10.5 Å². The number of nitrogens with one attached hydrogen (secondary N) is 2. The quantitative estimate of drug-likeness (QED) is 0.705. The predicted octanol–water partition coefficient (Wildman–Crippen LogP) is 0.896. The smallest absolute Gasteiger partial charge is 0.318 e. The van der Waals surface area contributed by atoms with Crippen molar-refractivity contribution in [2.75, 3.05) is 12.4 Å². The average Bonchev–Trinajstić information content (AvgIpc) is 2.19. The Morgan fingerprint density at radius 2 is 1.92 bits per heavy atom. The molecule has 0 spiro atoms. The minimum atomic E-state index is -0.289. The third kappa shape index (κ3) is 2.59. The van der Waals surface area contributed by atoms with Gasteiger partial charge in [0, 0.05) is 18.3 Å². The number of urea groups is 1. The molecule has 2 amide bonds. The van der Waals surface area contributed by atoms with Crippen LogP contribution in [0, 0.1) is 0 Å². The van der Waals surface area contributed by atoms with E-state index in [4.69, 9.17) is 0 Å². The summed E-state index contributed by atoms with van der Waals surface area (Å²) in [6.07, 6.45) is 1.74. The van der Waals surface area contributed by atoms with E-state index in [1.165, 1.54) is 7.05 Å². The number of rotatable bonds is 2. The van der Waals surface area contributed by atoms with Crippen LogP contribution >= 0.6 is 0 Å². The van der Waals surface area contributed by atoms with Gasteiger partial charge in [0.2, 0.25) is 6.29 Å². The molecule has 0 fully saturated rings. The largest absolute Gasteiger partial charge is 0.341 e. The number of hydrogen-bond donors (Lipinski definition) is 2. The van der Waals surface area contributed by atoms with Crippen molar-refractivity contribution in [2.45, 2.75) is 0 Å². The molecule has 4 heteroatoms. The lowest BCUT2D eigenvalue weighted by molar-refractivity contribution is 0.254. The monoisotopic (exact) mass is 177 g/mol. The summed E-state index contributed by atoms with van der Waals surface area (Å²) < 4.78 is 0. The minimum Gasteiger partial charge on any atom is -0.341 e. The number of amides is 2. The maximum atomic E-state index is 10.8. The molecule has 0 atom stereocenters. The first-order valence-corrected chi connectivity index (χ1v) is 3.73. The highest BCUT2D eigenvalue weighted by Gasteiger charge is 1.97. The average molecular weight is 177 g/mol. The Balaban J connectivity index is 2.69. The molecule has 1 aromatic carbocycles. The van der Waals surface area contributed by atoms with Gasteiger partial charge in [-0.15, -0.1) is 0 Å². The maximum absolute atomic E-state index is 10.8. The highest BCUT2D eigenvalue weighted by atomic mass is 16.2. The first-order valence-electron chi connectivity index (χ1n) is 3.73. The Morgan fingerprint density at radius 3 is 2.38 bits per heavy atom. The van der Waals surface area contributed by atoms with Crippen LogP contribution in [0.25, 0.3) is 0 Å². The lowest BCUT2D eigenvalue weighted by Gasteiger charge is -2.02. The summed E-state index contributed by atoms with van der Waals surface area (Å²) in [5.74, 6) is 0. The van der Waals surface area contributed by atoms with Crippen molar-refractivity contribution in [1.29, 1.82) is 0 Å². The van der Waals surface area contributed by atoms with E-state index in [0.717, 1.165) is 0 Å². The fourth-order valence-corrected chi connectivity index (χ4v) is 0.815. The number of carbonyl (C=O) groups is 1. The molecule has 2 N–H and O–H groups in total. The molecule has 0 unspecified atom stereocenters. The molecule has 0 heterocycles. The molecule has 0 aromatic heterocycles. The lowest BCUT2D eigenvalue weighted by Crippen LogP contribution is -2.24. The van der Waals surface area contributed by atoms with Gasteiger partial charge < -0.3 is 10.6 Å². The molecular weight excluding hydrogens is 168 g/mol. The zero-order chi connectivity index (χ0) is 9.68. The molecule has 67 valence electrons. The topological polar surface area (TPSA) is 58.2 Å². The lowest BCUT2D eigenvalue weighted by atomic mass is 10.2. The van der Waals surface area contributed by atoms with Crippen LogP contribution in [0.5, 0.6) is 0 Å². The van der Waals surface area contributed by atoms with E-state index in [2.05, 4.69) is 10.6 Å². The van der Waals surface area contributed by atoms with Crippen molar-refractivity contribution in [2.24, 2.45) is 0 Å². The van der Waals surface area contributed by atoms with Crippen LogP contribution in [-0.4, -0.2) is 19.4 Å². The van der Waals surface area contributed by atoms with E-state index < -0.39 is 0 Å². The summed E-state index contributed by atoms with van der Waals surface area (Å²) in [4.78, 5) is 21.0. The normalized spacial score (nSPS) is 9.00. The minimum absolute atomic E-state index is 0.289. The number of hydrogen-bond acceptors (Lipinski definition) is 2. The molecule has 0 bridgehead atoms. The summed E-state index contributed by atoms with van der Waals surface area (Å²) >= 11 is 0. The van der Waals surface area contributed by atoms with Crippen LogP contribution in [0.1, 0.15) is 5.56 Å². The van der Waals surface area contributed by atoms with Crippen molar-refractivity contribution in [3.63, 3.8) is 0 Å². The second-order valence-electron chi connectivity index (χ2n) is 2.38. The van der Waals surface area contributed by atoms with Gasteiger partial charge in [-0.1, -0.05) is 0 Å². The van der Waals surface area contributed by atoms with E-state index in [-0.39, 0.29) is 6.03 Å². The van der Waals surface area contributed by atoms with Crippen LogP contribution in [0.3, 0.4) is 0 Å². The highest BCUT2D eigenvalue weighted by Crippen LogP contribution is 2.07. The van der Waals surface area contributed by atoms with Crippen LogP contribution < -0.4 is 10.6 Å². The summed E-state index contributed by atoms with van der Waals surface area (Å²) in [6, 6.07) is 6.14. The van der Waals surface area contributed by atoms with E-state index in [1.807, 2.05) is 0 Å². The first kappa shape index (κ1) is 9.25. The Kier molecular flexibility index (Phi) is 3.03. The highest BCUT2D eigenvalue weighted by molar-refractivity contribution is 5.89. The SMILES string of the molecule is CNC(=O)Nc1ccc([C]=O)cc1. The molecule has 4 nitrogen and oxygen atoms in total. The molecule has 1 rings (SSSR count). The van der Waals surface area contributed by atoms with Crippen molar-refractivity contribution in [3.8, 4) is 0 Å². The van der Waals surface area contributed by atoms with E-state index in [1.54, 1.807) is 30.6 Å². The number of benzene rings is 1. The molecule has 0 saturated heterocycles. The molecule has 0 aliphatic rings. The van der Waals surface area contributed by atoms with Gasteiger partial charge in [-0.3, -0.25) is 4.79 Å². The van der Waals surface area contributed by atoms with Crippen LogP contribution in [0.15, 0.2) is 24.3 Å².